The van der Waals surface area contributed by atoms with Gasteiger partial charge in [-0.1, -0.05) is 12.8 Å². The van der Waals surface area contributed by atoms with Crippen LogP contribution >= 0.6 is 0 Å². The first kappa shape index (κ1) is 8.02. The van der Waals surface area contributed by atoms with Gasteiger partial charge in [-0.05, 0) is 19.3 Å². The Balaban J connectivity index is 2.11. The highest BCUT2D eigenvalue weighted by Crippen LogP contribution is 2.34. The van der Waals surface area contributed by atoms with Gasteiger partial charge in [-0.15, -0.1) is 0 Å². The molecule has 2 unspecified atom stereocenters. The molecule has 1 aliphatic rings. The van der Waals surface area contributed by atoms with E-state index in [0.29, 0.717) is 0 Å². The van der Waals surface area contributed by atoms with E-state index in [0.717, 1.165) is 12.3 Å². The summed E-state index contributed by atoms with van der Waals surface area (Å²) in [6, 6.07) is 0. The Kier molecular flexibility index (Phi) is 2.69. The summed E-state index contributed by atoms with van der Waals surface area (Å²) in [5.74, 6) is 0.785. The third-order valence-electron chi connectivity index (χ3n) is 2.19. The van der Waals surface area contributed by atoms with Crippen molar-refractivity contribution in [2.75, 3.05) is 7.11 Å². The second-order valence-corrected chi connectivity index (χ2v) is 3.19. The van der Waals surface area contributed by atoms with Crippen molar-refractivity contribution in [2.24, 2.45) is 5.92 Å². The fourth-order valence-corrected chi connectivity index (χ4v) is 1.04. The van der Waals surface area contributed by atoms with Gasteiger partial charge in [0.25, 0.3) is 0 Å². The molecule has 0 spiro atoms. The van der Waals surface area contributed by atoms with Crippen molar-refractivity contribution in [1.82, 2.24) is 0 Å². The summed E-state index contributed by atoms with van der Waals surface area (Å²) in [5, 5.41) is 9.40. The van der Waals surface area contributed by atoms with Crippen LogP contribution < -0.4 is 0 Å². The summed E-state index contributed by atoms with van der Waals surface area (Å²) in [6.45, 7) is 1.91. The quantitative estimate of drug-likeness (QED) is 0.642. The summed E-state index contributed by atoms with van der Waals surface area (Å²) >= 11 is 0. The number of ether oxygens (including phenoxy) is 1. The first-order valence-corrected chi connectivity index (χ1v) is 3.95. The van der Waals surface area contributed by atoms with Gasteiger partial charge in [0.1, 0.15) is 0 Å². The Morgan fingerprint density at radius 1 is 1.60 bits per heavy atom. The van der Waals surface area contributed by atoms with Crippen LogP contribution in [-0.4, -0.2) is 24.4 Å². The zero-order valence-corrected chi connectivity index (χ0v) is 6.71. The SMILES string of the molecule is COC(C)C(O)CC1CC1. The van der Waals surface area contributed by atoms with E-state index < -0.39 is 0 Å². The average Bonchev–Trinajstić information content (AvgIpc) is 2.70. The van der Waals surface area contributed by atoms with Gasteiger partial charge in [-0.2, -0.15) is 0 Å². The summed E-state index contributed by atoms with van der Waals surface area (Å²) in [6.07, 6.45) is 3.27. The molecule has 10 heavy (non-hydrogen) atoms. The van der Waals surface area contributed by atoms with Crippen LogP contribution in [0, 0.1) is 5.92 Å². The van der Waals surface area contributed by atoms with E-state index in [2.05, 4.69) is 0 Å². The van der Waals surface area contributed by atoms with E-state index in [1.54, 1.807) is 7.11 Å². The standard InChI is InChI=1S/C8H16O2/c1-6(10-2)8(9)5-7-3-4-7/h6-9H,3-5H2,1-2H3. The van der Waals surface area contributed by atoms with Crippen LogP contribution in [0.5, 0.6) is 0 Å². The monoisotopic (exact) mass is 144 g/mol. The molecule has 0 aromatic carbocycles. The molecule has 2 nitrogen and oxygen atoms in total. The van der Waals surface area contributed by atoms with Gasteiger partial charge in [0.05, 0.1) is 12.2 Å². The fraction of sp³-hybridized carbons (Fsp3) is 1.00. The molecule has 1 saturated carbocycles. The maximum atomic E-state index is 9.40. The van der Waals surface area contributed by atoms with Gasteiger partial charge in [0.15, 0.2) is 0 Å². The molecule has 0 heterocycles. The van der Waals surface area contributed by atoms with Crippen molar-refractivity contribution in [3.05, 3.63) is 0 Å². The largest absolute Gasteiger partial charge is 0.390 e. The van der Waals surface area contributed by atoms with Gasteiger partial charge < -0.3 is 9.84 Å². The van der Waals surface area contributed by atoms with Crippen LogP contribution in [0.4, 0.5) is 0 Å². The van der Waals surface area contributed by atoms with E-state index >= 15 is 0 Å². The van der Waals surface area contributed by atoms with Crippen molar-refractivity contribution < 1.29 is 9.84 Å². The number of methoxy groups -OCH3 is 1. The van der Waals surface area contributed by atoms with Crippen molar-refractivity contribution in [2.45, 2.75) is 38.4 Å². The van der Waals surface area contributed by atoms with Crippen molar-refractivity contribution >= 4 is 0 Å². The van der Waals surface area contributed by atoms with Crippen LogP contribution in [0.3, 0.4) is 0 Å². The van der Waals surface area contributed by atoms with Gasteiger partial charge in [-0.25, -0.2) is 0 Å². The second kappa shape index (κ2) is 3.35. The highest BCUT2D eigenvalue weighted by molar-refractivity contribution is 4.78. The molecule has 0 radical (unpaired) electrons. The van der Waals surface area contributed by atoms with Gasteiger partial charge in [0.2, 0.25) is 0 Å². The minimum Gasteiger partial charge on any atom is -0.390 e. The van der Waals surface area contributed by atoms with E-state index in [1.165, 1.54) is 12.8 Å². The molecule has 0 bridgehead atoms. The smallest absolute Gasteiger partial charge is 0.0802 e. The Morgan fingerprint density at radius 2 is 2.20 bits per heavy atom. The predicted octanol–water partition coefficient (Wildman–Crippen LogP) is 1.18. The number of hydrogen-bond donors (Lipinski definition) is 1. The number of hydrogen-bond acceptors (Lipinski definition) is 2. The summed E-state index contributed by atoms with van der Waals surface area (Å²) in [7, 11) is 1.64. The minimum atomic E-state index is -0.252. The third-order valence-corrected chi connectivity index (χ3v) is 2.19. The molecule has 0 aromatic heterocycles. The highest BCUT2D eigenvalue weighted by Gasteiger charge is 2.26. The molecular formula is C8H16O2. The lowest BCUT2D eigenvalue weighted by molar-refractivity contribution is -0.00683. The topological polar surface area (TPSA) is 29.5 Å². The lowest BCUT2D eigenvalue weighted by Gasteiger charge is -2.16. The van der Waals surface area contributed by atoms with Crippen molar-refractivity contribution in [3.8, 4) is 0 Å². The summed E-state index contributed by atoms with van der Waals surface area (Å²) in [4.78, 5) is 0. The van der Waals surface area contributed by atoms with E-state index in [4.69, 9.17) is 4.74 Å². The Bertz CT molecular complexity index is 99.4. The molecule has 0 aromatic rings. The molecule has 1 rings (SSSR count). The first-order chi connectivity index (χ1) is 4.74. The van der Waals surface area contributed by atoms with Crippen LogP contribution in [-0.2, 0) is 4.74 Å². The summed E-state index contributed by atoms with van der Waals surface area (Å²) < 4.78 is 4.99. The van der Waals surface area contributed by atoms with E-state index in [1.807, 2.05) is 6.92 Å². The number of aliphatic hydroxyl groups is 1. The molecule has 1 fully saturated rings. The molecule has 0 amide bonds. The Labute approximate surface area is 62.2 Å². The normalized spacial score (nSPS) is 24.3. The Morgan fingerprint density at radius 3 is 2.60 bits per heavy atom. The van der Waals surface area contributed by atoms with Gasteiger partial charge in [-0.3, -0.25) is 0 Å². The van der Waals surface area contributed by atoms with Crippen LogP contribution in [0.15, 0.2) is 0 Å². The van der Waals surface area contributed by atoms with Crippen molar-refractivity contribution in [3.63, 3.8) is 0 Å². The first-order valence-electron chi connectivity index (χ1n) is 3.95. The summed E-state index contributed by atoms with van der Waals surface area (Å²) in [5.41, 5.74) is 0. The van der Waals surface area contributed by atoms with Crippen LogP contribution in [0.2, 0.25) is 0 Å². The molecule has 2 heteroatoms. The van der Waals surface area contributed by atoms with Crippen LogP contribution in [0.1, 0.15) is 26.2 Å². The lowest BCUT2D eigenvalue weighted by Crippen LogP contribution is -2.25. The average molecular weight is 144 g/mol. The van der Waals surface area contributed by atoms with Gasteiger partial charge in [0, 0.05) is 7.11 Å². The highest BCUT2D eigenvalue weighted by atomic mass is 16.5. The maximum Gasteiger partial charge on any atom is 0.0802 e. The molecular weight excluding hydrogens is 128 g/mol. The second-order valence-electron chi connectivity index (χ2n) is 3.19. The van der Waals surface area contributed by atoms with E-state index in [-0.39, 0.29) is 12.2 Å². The Hall–Kier alpha value is -0.0800. The minimum absolute atomic E-state index is 0.000556. The molecule has 1 aliphatic carbocycles. The fourth-order valence-electron chi connectivity index (χ4n) is 1.04. The molecule has 0 saturated heterocycles. The van der Waals surface area contributed by atoms with Crippen molar-refractivity contribution in [1.29, 1.82) is 0 Å². The number of rotatable bonds is 4. The predicted molar refractivity (Wildman–Crippen MR) is 39.8 cm³/mol. The van der Waals surface area contributed by atoms with Crippen LogP contribution in [0.25, 0.3) is 0 Å². The zero-order valence-electron chi connectivity index (χ0n) is 6.71. The van der Waals surface area contributed by atoms with Gasteiger partial charge >= 0.3 is 0 Å². The molecule has 1 N–H and O–H groups in total. The zero-order chi connectivity index (χ0) is 7.56. The third kappa shape index (κ3) is 2.27. The molecule has 0 aliphatic heterocycles. The number of aliphatic hydroxyl groups excluding tert-OH is 1. The van der Waals surface area contributed by atoms with E-state index in [9.17, 15) is 5.11 Å². The maximum absolute atomic E-state index is 9.40. The molecule has 2 atom stereocenters. The lowest BCUT2D eigenvalue weighted by atomic mass is 10.1. The molecule has 60 valence electrons.